The Bertz CT molecular complexity index is 1660. The van der Waals surface area contributed by atoms with Crippen LogP contribution in [0.4, 0.5) is 11.4 Å². The molecule has 4 aromatic rings. The van der Waals surface area contributed by atoms with Gasteiger partial charge >= 0.3 is 0 Å². The maximum Gasteiger partial charge on any atom is 0.276 e. The molecule has 4 aromatic carbocycles. The van der Waals surface area contributed by atoms with E-state index in [0.29, 0.717) is 34.0 Å². The molecule has 7 heteroatoms. The molecular weight excluding hydrogens is 568 g/mol. The van der Waals surface area contributed by atoms with E-state index in [1.54, 1.807) is 30.1 Å². The Hall–Kier alpha value is -4.62. The molecule has 0 aromatic heterocycles. The highest BCUT2D eigenvalue weighted by atomic mass is 79.9. The number of hydrogen-bond donors (Lipinski definition) is 0. The van der Waals surface area contributed by atoms with Crippen molar-refractivity contribution in [3.63, 3.8) is 0 Å². The van der Waals surface area contributed by atoms with Crippen LogP contribution in [0.25, 0.3) is 6.08 Å². The number of anilines is 2. The summed E-state index contributed by atoms with van der Waals surface area (Å²) in [6.07, 6.45) is 1.83. The van der Waals surface area contributed by atoms with Crippen LogP contribution < -0.4 is 19.3 Å². The summed E-state index contributed by atoms with van der Waals surface area (Å²) in [6.45, 7) is 0. The summed E-state index contributed by atoms with van der Waals surface area (Å²) >= 11 is 3.53. The molecule has 0 saturated heterocycles. The molecule has 1 atom stereocenters. The van der Waals surface area contributed by atoms with E-state index in [1.165, 1.54) is 0 Å². The van der Waals surface area contributed by atoms with Crippen molar-refractivity contribution < 1.29 is 19.1 Å². The van der Waals surface area contributed by atoms with Gasteiger partial charge in [0.2, 0.25) is 0 Å². The fourth-order valence-corrected chi connectivity index (χ4v) is 5.59. The standard InChI is InChI=1S/C33H25BrN2O4/c1-39-27-18-13-21(20-28(27)40-2)19-26-29-30(22-14-16-23(34)17-15-22)35(24-9-5-3-6-10-24)33(38)31(29)36(32(26)37)25-11-7-4-8-12-25/h3-20,30H,1-2H3/b26-19+/t30-/m1/s1. The van der Waals surface area contributed by atoms with E-state index < -0.39 is 6.04 Å². The van der Waals surface area contributed by atoms with Crippen molar-refractivity contribution in [2.45, 2.75) is 6.04 Å². The molecule has 0 saturated carbocycles. The van der Waals surface area contributed by atoms with Crippen molar-refractivity contribution in [3.8, 4) is 11.5 Å². The van der Waals surface area contributed by atoms with E-state index >= 15 is 0 Å². The molecule has 2 aliphatic heterocycles. The number of methoxy groups -OCH3 is 2. The number of para-hydroxylation sites is 2. The van der Waals surface area contributed by atoms with Gasteiger partial charge in [0.15, 0.2) is 11.5 Å². The molecule has 0 N–H and O–H groups in total. The Kier molecular flexibility index (Phi) is 6.74. The monoisotopic (exact) mass is 592 g/mol. The zero-order valence-electron chi connectivity index (χ0n) is 21.9. The minimum atomic E-state index is -0.512. The van der Waals surface area contributed by atoms with Crippen molar-refractivity contribution in [2.75, 3.05) is 24.0 Å². The van der Waals surface area contributed by atoms with Crippen molar-refractivity contribution in [2.24, 2.45) is 0 Å². The van der Waals surface area contributed by atoms with Gasteiger partial charge in [-0.2, -0.15) is 0 Å². The van der Waals surface area contributed by atoms with Crippen LogP contribution in [0.2, 0.25) is 0 Å². The zero-order valence-corrected chi connectivity index (χ0v) is 23.5. The minimum absolute atomic E-state index is 0.234. The van der Waals surface area contributed by atoms with Crippen LogP contribution in [0.3, 0.4) is 0 Å². The highest BCUT2D eigenvalue weighted by Crippen LogP contribution is 2.50. The van der Waals surface area contributed by atoms with Gasteiger partial charge in [0, 0.05) is 27.0 Å². The zero-order chi connectivity index (χ0) is 27.8. The van der Waals surface area contributed by atoms with Crippen LogP contribution in [0, 0.1) is 0 Å². The average Bonchev–Trinajstić information content (AvgIpc) is 3.44. The van der Waals surface area contributed by atoms with Crippen LogP contribution >= 0.6 is 15.9 Å². The molecule has 6 rings (SSSR count). The first kappa shape index (κ1) is 25.6. The molecule has 6 nitrogen and oxygen atoms in total. The molecule has 2 amide bonds. The first-order chi connectivity index (χ1) is 19.5. The predicted octanol–water partition coefficient (Wildman–Crippen LogP) is 6.94. The fraction of sp³-hybridized carbons (Fsp3) is 0.0909. The Balaban J connectivity index is 1.60. The van der Waals surface area contributed by atoms with Gasteiger partial charge < -0.3 is 9.47 Å². The van der Waals surface area contributed by atoms with E-state index in [2.05, 4.69) is 15.9 Å². The lowest BCUT2D eigenvalue weighted by Crippen LogP contribution is -2.38. The number of rotatable bonds is 6. The number of benzene rings is 4. The van der Waals surface area contributed by atoms with Crippen LogP contribution in [0.1, 0.15) is 17.2 Å². The number of nitrogens with zero attached hydrogens (tertiary/aromatic N) is 2. The summed E-state index contributed by atoms with van der Waals surface area (Å²) in [6, 6.07) is 31.7. The number of hydrogen-bond acceptors (Lipinski definition) is 4. The summed E-state index contributed by atoms with van der Waals surface area (Å²) in [4.78, 5) is 31.9. The van der Waals surface area contributed by atoms with Gasteiger partial charge in [0.05, 0.1) is 20.3 Å². The van der Waals surface area contributed by atoms with E-state index in [1.807, 2.05) is 103 Å². The molecule has 0 bridgehead atoms. The lowest BCUT2D eigenvalue weighted by molar-refractivity contribution is -0.118. The van der Waals surface area contributed by atoms with Gasteiger partial charge in [-0.3, -0.25) is 19.4 Å². The van der Waals surface area contributed by atoms with Gasteiger partial charge in [-0.25, -0.2) is 0 Å². The van der Waals surface area contributed by atoms with E-state index in [4.69, 9.17) is 9.47 Å². The second-order valence-corrected chi connectivity index (χ2v) is 10.3. The van der Waals surface area contributed by atoms with Crippen molar-refractivity contribution in [1.82, 2.24) is 0 Å². The predicted molar refractivity (Wildman–Crippen MR) is 159 cm³/mol. The van der Waals surface area contributed by atoms with Gasteiger partial charge in [0.25, 0.3) is 11.8 Å². The summed E-state index contributed by atoms with van der Waals surface area (Å²) in [5.41, 5.74) is 4.51. The molecule has 0 radical (unpaired) electrons. The van der Waals surface area contributed by atoms with E-state index in [9.17, 15) is 9.59 Å². The van der Waals surface area contributed by atoms with E-state index in [0.717, 1.165) is 21.3 Å². The van der Waals surface area contributed by atoms with Crippen molar-refractivity contribution >= 4 is 45.2 Å². The SMILES string of the molecule is COc1ccc(/C=C2/C(=O)N(c3ccccc3)C3=C2[C@@H](c2ccc(Br)cc2)N(c2ccccc2)C3=O)cc1OC. The van der Waals surface area contributed by atoms with Gasteiger partial charge in [-0.15, -0.1) is 0 Å². The van der Waals surface area contributed by atoms with Gasteiger partial charge in [-0.1, -0.05) is 70.5 Å². The summed E-state index contributed by atoms with van der Waals surface area (Å²) < 4.78 is 11.8. The highest BCUT2D eigenvalue weighted by Gasteiger charge is 2.52. The molecule has 0 unspecified atom stereocenters. The normalized spacial score (nSPS) is 17.6. The van der Waals surface area contributed by atoms with Gasteiger partial charge in [-0.05, 0) is 65.7 Å². The Morgan fingerprint density at radius 2 is 1.35 bits per heavy atom. The molecule has 198 valence electrons. The summed E-state index contributed by atoms with van der Waals surface area (Å²) in [7, 11) is 3.15. The van der Waals surface area contributed by atoms with Gasteiger partial charge in [0.1, 0.15) is 5.70 Å². The topological polar surface area (TPSA) is 59.1 Å². The summed E-state index contributed by atoms with van der Waals surface area (Å²) in [5, 5.41) is 0. The number of ether oxygens (including phenoxy) is 2. The molecule has 0 fully saturated rings. The second-order valence-electron chi connectivity index (χ2n) is 9.38. The first-order valence-corrected chi connectivity index (χ1v) is 13.5. The number of halogens is 1. The average molecular weight is 593 g/mol. The molecule has 0 aliphatic carbocycles. The Morgan fingerprint density at radius 1 is 0.725 bits per heavy atom. The van der Waals surface area contributed by atoms with Crippen molar-refractivity contribution in [1.29, 1.82) is 0 Å². The number of carbonyl (C=O) groups excluding carboxylic acids is 2. The van der Waals surface area contributed by atoms with Crippen LogP contribution in [0.15, 0.2) is 124 Å². The first-order valence-electron chi connectivity index (χ1n) is 12.7. The Labute approximate surface area is 240 Å². The summed E-state index contributed by atoms with van der Waals surface area (Å²) in [5.74, 6) is 0.651. The van der Waals surface area contributed by atoms with E-state index in [-0.39, 0.29) is 11.8 Å². The minimum Gasteiger partial charge on any atom is -0.493 e. The third-order valence-corrected chi connectivity index (χ3v) is 7.64. The third kappa shape index (κ3) is 4.28. The van der Waals surface area contributed by atoms with Crippen LogP contribution in [-0.2, 0) is 9.59 Å². The maximum atomic E-state index is 14.4. The van der Waals surface area contributed by atoms with Crippen molar-refractivity contribution in [3.05, 3.63) is 136 Å². The maximum absolute atomic E-state index is 14.4. The van der Waals surface area contributed by atoms with Crippen LogP contribution in [-0.4, -0.2) is 26.0 Å². The Morgan fingerprint density at radius 3 is 1.98 bits per heavy atom. The largest absolute Gasteiger partial charge is 0.493 e. The second kappa shape index (κ2) is 10.5. The number of carbonyl (C=O) groups is 2. The lowest BCUT2D eigenvalue weighted by Gasteiger charge is -2.30. The molecular formula is C33H25BrN2O4. The molecule has 40 heavy (non-hydrogen) atoms. The quantitative estimate of drug-likeness (QED) is 0.228. The fourth-order valence-electron chi connectivity index (χ4n) is 5.32. The highest BCUT2D eigenvalue weighted by molar-refractivity contribution is 9.10. The smallest absolute Gasteiger partial charge is 0.276 e. The third-order valence-electron chi connectivity index (χ3n) is 7.11. The molecule has 2 aliphatic rings. The molecule has 0 spiro atoms. The number of amides is 2. The lowest BCUT2D eigenvalue weighted by atomic mass is 9.93. The van der Waals surface area contributed by atoms with Crippen LogP contribution in [0.5, 0.6) is 11.5 Å². The molecule has 2 heterocycles.